The summed E-state index contributed by atoms with van der Waals surface area (Å²) >= 11 is 7.88. The van der Waals surface area contributed by atoms with Gasteiger partial charge in [0.1, 0.15) is 23.4 Å². The molecule has 3 aromatic carbocycles. The van der Waals surface area contributed by atoms with Gasteiger partial charge in [-0.15, -0.1) is 11.3 Å². The van der Waals surface area contributed by atoms with Gasteiger partial charge in [-0.05, 0) is 67.1 Å². The maximum Gasteiger partial charge on any atom is 0.338 e. The molecule has 262 valence electrons. The quantitative estimate of drug-likeness (QED) is 0.202. The first-order valence-corrected chi connectivity index (χ1v) is 17.3. The monoisotopic (exact) mass is 730 g/mol. The Hall–Kier alpha value is -5.31. The van der Waals surface area contributed by atoms with E-state index in [0.29, 0.717) is 71.9 Å². The number of amides is 2. The van der Waals surface area contributed by atoms with Crippen LogP contribution in [-0.4, -0.2) is 89.6 Å². The normalized spacial score (nSPS) is 19.1. The van der Waals surface area contributed by atoms with Gasteiger partial charge in [0.2, 0.25) is 0 Å². The minimum atomic E-state index is -0.997. The largest absolute Gasteiger partial charge is 0.478 e. The Balaban J connectivity index is 1.09. The van der Waals surface area contributed by atoms with E-state index in [4.69, 9.17) is 26.1 Å². The number of anilines is 1. The van der Waals surface area contributed by atoms with Crippen LogP contribution in [0.3, 0.4) is 0 Å². The number of thiazole rings is 1. The Bertz CT molecular complexity index is 2070. The van der Waals surface area contributed by atoms with E-state index in [2.05, 4.69) is 15.2 Å². The molecular formula is C36H32ClFN6O6S. The highest BCUT2D eigenvalue weighted by atomic mass is 35.5. The molecule has 0 radical (unpaired) electrons. The first-order valence-electron chi connectivity index (χ1n) is 16.0. The summed E-state index contributed by atoms with van der Waals surface area (Å²) in [5.41, 5.74) is 2.80. The number of ether oxygens (including phenoxy) is 2. The van der Waals surface area contributed by atoms with Crippen molar-refractivity contribution < 1.29 is 33.4 Å². The Morgan fingerprint density at radius 2 is 1.86 bits per heavy atom. The summed E-state index contributed by atoms with van der Waals surface area (Å²) < 4.78 is 25.2. The summed E-state index contributed by atoms with van der Waals surface area (Å²) in [6.07, 6.45) is 1.66. The molecule has 7 rings (SSSR count). The number of hydrogen-bond donors (Lipinski definition) is 2. The first kappa shape index (κ1) is 34.2. The zero-order chi connectivity index (χ0) is 35.8. The molecule has 1 aromatic heterocycles. The number of carbonyl (C=O) groups is 3. The standard InChI is InChI=1S/C36H32ClFN6O6S/c1-20-15-25(8-10-26(20)34(45)46)50-24-6-4-22(5-7-24)44-18-23-17-42(12-13-43(23)36(44)48)19-29-30(35(47)49-2)31(27-9-3-21(38)16-28(27)37)41-32(40-29)33-39-11-14-51-33/h3-11,14-16,23,31H,12-13,17-19H2,1-2H3,(H,40,41)(H,45,46)/t23-,31-/m0/s1. The number of nitrogens with zero attached hydrogens (tertiary/aromatic N) is 5. The molecule has 0 aliphatic carbocycles. The number of carboxylic acid groups (broad SMARTS) is 1. The molecule has 3 aliphatic rings. The topological polar surface area (TPSA) is 137 Å². The summed E-state index contributed by atoms with van der Waals surface area (Å²) in [6.45, 7) is 4.07. The van der Waals surface area contributed by atoms with Gasteiger partial charge in [-0.3, -0.25) is 14.8 Å². The molecule has 51 heavy (non-hydrogen) atoms. The minimum Gasteiger partial charge on any atom is -0.478 e. The number of aromatic nitrogens is 1. The van der Waals surface area contributed by atoms with Crippen molar-refractivity contribution in [3.05, 3.63) is 116 Å². The summed E-state index contributed by atoms with van der Waals surface area (Å²) in [7, 11) is 1.30. The molecular weight excluding hydrogens is 699 g/mol. The van der Waals surface area contributed by atoms with E-state index in [9.17, 15) is 23.9 Å². The number of aliphatic imine (C=N–C) groups is 1. The molecule has 0 unspecified atom stereocenters. The van der Waals surface area contributed by atoms with Crippen molar-refractivity contribution in [3.8, 4) is 11.5 Å². The van der Waals surface area contributed by atoms with Gasteiger partial charge >= 0.3 is 18.0 Å². The summed E-state index contributed by atoms with van der Waals surface area (Å²) in [6, 6.07) is 14.9. The van der Waals surface area contributed by atoms with E-state index in [1.54, 1.807) is 42.3 Å². The van der Waals surface area contributed by atoms with E-state index in [-0.39, 0.29) is 28.2 Å². The van der Waals surface area contributed by atoms with Crippen LogP contribution in [0.15, 0.2) is 88.5 Å². The molecule has 0 spiro atoms. The molecule has 0 saturated carbocycles. The van der Waals surface area contributed by atoms with E-state index in [1.807, 2.05) is 22.4 Å². The van der Waals surface area contributed by atoms with E-state index in [1.165, 1.54) is 42.7 Å². The van der Waals surface area contributed by atoms with Crippen LogP contribution >= 0.6 is 22.9 Å². The number of aromatic carboxylic acids is 1. The number of nitrogens with one attached hydrogen (secondary N) is 1. The van der Waals surface area contributed by atoms with Gasteiger partial charge in [0, 0.05) is 66.3 Å². The lowest BCUT2D eigenvalue weighted by molar-refractivity contribution is -0.136. The molecule has 4 aromatic rings. The zero-order valence-electron chi connectivity index (χ0n) is 27.5. The third-order valence-corrected chi connectivity index (χ3v) is 10.2. The predicted molar refractivity (Wildman–Crippen MR) is 189 cm³/mol. The molecule has 0 bridgehead atoms. The lowest BCUT2D eigenvalue weighted by Crippen LogP contribution is -2.53. The van der Waals surface area contributed by atoms with Crippen molar-refractivity contribution in [2.75, 3.05) is 44.7 Å². The highest BCUT2D eigenvalue weighted by Gasteiger charge is 2.42. The summed E-state index contributed by atoms with van der Waals surface area (Å²) in [5.74, 6) is -0.581. The van der Waals surface area contributed by atoms with Gasteiger partial charge in [0.25, 0.3) is 0 Å². The zero-order valence-corrected chi connectivity index (χ0v) is 29.1. The van der Waals surface area contributed by atoms with E-state index in [0.717, 1.165) is 5.69 Å². The maximum absolute atomic E-state index is 14.0. The number of methoxy groups -OCH3 is 1. The fourth-order valence-electron chi connectivity index (χ4n) is 6.59. The Morgan fingerprint density at radius 1 is 1.08 bits per heavy atom. The van der Waals surface area contributed by atoms with Gasteiger partial charge in [-0.1, -0.05) is 17.7 Å². The number of rotatable bonds is 9. The SMILES string of the molecule is COC(=O)C1=C(CN2CCN3C(=O)N(c4ccc(Oc5ccc(C(=O)O)c(C)c5)cc4)C[C@@H]3C2)NC(c2nccs2)=N[C@H]1c1ccc(F)cc1Cl. The van der Waals surface area contributed by atoms with Gasteiger partial charge in [0.15, 0.2) is 10.8 Å². The molecule has 2 amide bonds. The summed E-state index contributed by atoms with van der Waals surface area (Å²) in [4.78, 5) is 53.2. The van der Waals surface area contributed by atoms with Crippen LogP contribution < -0.4 is 15.0 Å². The second-order valence-electron chi connectivity index (χ2n) is 12.2. The molecule has 2 saturated heterocycles. The number of amidine groups is 1. The van der Waals surface area contributed by atoms with Crippen molar-refractivity contribution in [2.24, 2.45) is 4.99 Å². The molecule has 4 heterocycles. The Morgan fingerprint density at radius 3 is 2.55 bits per heavy atom. The van der Waals surface area contributed by atoms with Gasteiger partial charge in [-0.2, -0.15) is 0 Å². The average Bonchev–Trinajstić information content (AvgIpc) is 3.76. The molecule has 12 nitrogen and oxygen atoms in total. The molecule has 2 N–H and O–H groups in total. The van der Waals surface area contributed by atoms with Crippen molar-refractivity contribution >= 4 is 52.4 Å². The number of benzene rings is 3. The molecule has 2 atom stereocenters. The van der Waals surface area contributed by atoms with Crippen LogP contribution in [0, 0.1) is 12.7 Å². The van der Waals surface area contributed by atoms with Crippen LogP contribution in [0.25, 0.3) is 0 Å². The second kappa shape index (κ2) is 14.1. The molecule has 15 heteroatoms. The number of fused-ring (bicyclic) bond motifs is 1. The Labute approximate surface area is 301 Å². The minimum absolute atomic E-state index is 0.0948. The van der Waals surface area contributed by atoms with Gasteiger partial charge in [0.05, 0.1) is 24.3 Å². The second-order valence-corrected chi connectivity index (χ2v) is 13.5. The summed E-state index contributed by atoms with van der Waals surface area (Å²) in [5, 5.41) is 15.2. The smallest absolute Gasteiger partial charge is 0.338 e. The van der Waals surface area contributed by atoms with Crippen molar-refractivity contribution in [1.82, 2.24) is 20.1 Å². The van der Waals surface area contributed by atoms with Crippen molar-refractivity contribution in [1.29, 1.82) is 0 Å². The molecule has 3 aliphatic heterocycles. The Kier molecular flexibility index (Phi) is 9.46. The van der Waals surface area contributed by atoms with Gasteiger partial charge < -0.3 is 24.8 Å². The number of hydrogen-bond acceptors (Lipinski definition) is 10. The fourth-order valence-corrected chi connectivity index (χ4v) is 7.45. The number of piperazine rings is 1. The number of carboxylic acids is 1. The first-order chi connectivity index (χ1) is 24.6. The van der Waals surface area contributed by atoms with E-state index < -0.39 is 23.8 Å². The number of urea groups is 1. The van der Waals surface area contributed by atoms with E-state index >= 15 is 0 Å². The number of halogens is 2. The van der Waals surface area contributed by atoms with Crippen LogP contribution in [-0.2, 0) is 9.53 Å². The third-order valence-electron chi connectivity index (χ3n) is 9.05. The fraction of sp³-hybridized carbons (Fsp3) is 0.250. The van der Waals surface area contributed by atoms with Crippen LogP contribution in [0.2, 0.25) is 5.02 Å². The van der Waals surface area contributed by atoms with Gasteiger partial charge in [-0.25, -0.2) is 23.8 Å². The molecule has 2 fully saturated rings. The number of aryl methyl sites for hydroxylation is 1. The van der Waals surface area contributed by atoms with Crippen LogP contribution in [0.4, 0.5) is 14.9 Å². The number of carbonyl (C=O) groups excluding carboxylic acids is 2. The average molecular weight is 731 g/mol. The van der Waals surface area contributed by atoms with Crippen molar-refractivity contribution in [2.45, 2.75) is 19.0 Å². The maximum atomic E-state index is 14.0. The lowest BCUT2D eigenvalue weighted by atomic mass is 9.95. The van der Waals surface area contributed by atoms with Crippen LogP contribution in [0.5, 0.6) is 11.5 Å². The van der Waals surface area contributed by atoms with Crippen LogP contribution in [0.1, 0.15) is 32.5 Å². The van der Waals surface area contributed by atoms with Crippen molar-refractivity contribution in [3.63, 3.8) is 0 Å². The highest BCUT2D eigenvalue weighted by molar-refractivity contribution is 7.11. The third kappa shape index (κ3) is 6.89. The predicted octanol–water partition coefficient (Wildman–Crippen LogP) is 5.88. The lowest BCUT2D eigenvalue weighted by Gasteiger charge is -2.38. The number of esters is 1. The highest BCUT2D eigenvalue weighted by Crippen LogP contribution is 2.37.